The summed E-state index contributed by atoms with van der Waals surface area (Å²) < 4.78 is 34.4. The number of ether oxygens (including phenoxy) is 1. The van der Waals surface area contributed by atoms with Gasteiger partial charge in [-0.25, -0.2) is 14.0 Å². The van der Waals surface area contributed by atoms with E-state index in [1.165, 1.54) is 18.4 Å². The summed E-state index contributed by atoms with van der Waals surface area (Å²) in [6.07, 6.45) is 3.89. The number of aryl methyl sites for hydroxylation is 1. The minimum absolute atomic E-state index is 0.0527. The highest BCUT2D eigenvalue weighted by atomic mass is 35.5. The Morgan fingerprint density at radius 3 is 2.74 bits per heavy atom. The SMILES string of the molecule is Cc1cc([C@@H](C)Oc2ccc(Cl)nc2S(C)(=N)=O)c2oc(-c3cnn(CCO)c3)c(C)c(=O)c2c1. The largest absolute Gasteiger partial charge is 0.483 e. The predicted molar refractivity (Wildman–Crippen MR) is 134 cm³/mol. The molecule has 184 valence electrons. The van der Waals surface area contributed by atoms with Crippen LogP contribution in [0.1, 0.15) is 29.7 Å². The number of nitrogens with zero attached hydrogens (tertiary/aromatic N) is 3. The first kappa shape index (κ1) is 24.9. The maximum atomic E-state index is 13.3. The van der Waals surface area contributed by atoms with E-state index in [-0.39, 0.29) is 28.0 Å². The normalized spacial score (nSPS) is 14.1. The Balaban J connectivity index is 1.86. The lowest BCUT2D eigenvalue weighted by atomic mass is 10.0. The fraction of sp³-hybridized carbons (Fsp3) is 0.292. The quantitative estimate of drug-likeness (QED) is 0.346. The van der Waals surface area contributed by atoms with Crippen LogP contribution in [0.2, 0.25) is 5.15 Å². The van der Waals surface area contributed by atoms with Gasteiger partial charge in [0.15, 0.2) is 16.2 Å². The van der Waals surface area contributed by atoms with Crippen molar-refractivity contribution in [2.24, 2.45) is 0 Å². The average molecular weight is 517 g/mol. The van der Waals surface area contributed by atoms with E-state index in [2.05, 4.69) is 10.1 Å². The third-order valence-corrected chi connectivity index (χ3v) is 6.76. The van der Waals surface area contributed by atoms with E-state index in [1.807, 2.05) is 13.0 Å². The Labute approximate surface area is 207 Å². The standard InChI is InChI=1S/C24H25ClN4O5S/c1-13-9-17(15(3)33-19-5-6-20(25)28-24(19)35(4,26)32)23-18(10-13)21(31)14(2)22(34-23)16-11-27-29(12-16)7-8-30/h5-6,9-12,15,26,30H,7-8H2,1-4H3/t15-,35?/m1/s1. The van der Waals surface area contributed by atoms with Crippen molar-refractivity contribution < 1.29 is 18.5 Å². The maximum absolute atomic E-state index is 13.3. The molecule has 0 aliphatic heterocycles. The van der Waals surface area contributed by atoms with Crippen LogP contribution in [0.5, 0.6) is 5.75 Å². The monoisotopic (exact) mass is 516 g/mol. The highest BCUT2D eigenvalue weighted by molar-refractivity contribution is 7.91. The summed E-state index contributed by atoms with van der Waals surface area (Å²) in [5, 5.41) is 13.9. The highest BCUT2D eigenvalue weighted by Crippen LogP contribution is 2.34. The first-order valence-corrected chi connectivity index (χ1v) is 13.1. The van der Waals surface area contributed by atoms with Gasteiger partial charge in [0, 0.05) is 23.6 Å². The van der Waals surface area contributed by atoms with Crippen molar-refractivity contribution in [3.8, 4) is 17.1 Å². The van der Waals surface area contributed by atoms with Gasteiger partial charge in [0.05, 0.1) is 40.0 Å². The molecule has 11 heteroatoms. The van der Waals surface area contributed by atoms with Gasteiger partial charge in [-0.15, -0.1) is 0 Å². The maximum Gasteiger partial charge on any atom is 0.196 e. The van der Waals surface area contributed by atoms with E-state index >= 15 is 0 Å². The number of halogens is 1. The van der Waals surface area contributed by atoms with E-state index in [0.29, 0.717) is 40.0 Å². The molecule has 2 N–H and O–H groups in total. The summed E-state index contributed by atoms with van der Waals surface area (Å²) in [6, 6.07) is 6.65. The number of benzene rings is 1. The summed E-state index contributed by atoms with van der Waals surface area (Å²) in [4.78, 5) is 17.4. The molecule has 4 aromatic rings. The van der Waals surface area contributed by atoms with Crippen LogP contribution >= 0.6 is 11.6 Å². The first-order chi connectivity index (χ1) is 16.5. The van der Waals surface area contributed by atoms with Crippen LogP contribution in [0.25, 0.3) is 22.3 Å². The Morgan fingerprint density at radius 1 is 1.31 bits per heavy atom. The summed E-state index contributed by atoms with van der Waals surface area (Å²) in [6.45, 7) is 5.59. The van der Waals surface area contributed by atoms with Gasteiger partial charge in [-0.2, -0.15) is 5.10 Å². The summed E-state index contributed by atoms with van der Waals surface area (Å²) in [5.74, 6) is 0.541. The van der Waals surface area contributed by atoms with Crippen molar-refractivity contribution in [3.05, 3.63) is 68.7 Å². The molecule has 0 bridgehead atoms. The molecule has 0 saturated heterocycles. The van der Waals surface area contributed by atoms with Gasteiger partial charge >= 0.3 is 0 Å². The zero-order chi connectivity index (χ0) is 25.5. The number of aliphatic hydroxyl groups is 1. The summed E-state index contributed by atoms with van der Waals surface area (Å²) in [5.41, 5.74) is 2.68. The Hall–Kier alpha value is -3.21. The average Bonchev–Trinajstić information content (AvgIpc) is 3.25. The second-order valence-electron chi connectivity index (χ2n) is 8.37. The van der Waals surface area contributed by atoms with E-state index in [4.69, 9.17) is 25.5 Å². The minimum atomic E-state index is -3.21. The molecule has 3 heterocycles. The van der Waals surface area contributed by atoms with Crippen LogP contribution < -0.4 is 10.2 Å². The van der Waals surface area contributed by atoms with Crippen LogP contribution in [0.15, 0.2) is 50.9 Å². The smallest absolute Gasteiger partial charge is 0.196 e. The fourth-order valence-electron chi connectivity index (χ4n) is 3.88. The number of rotatable bonds is 7. The molecule has 4 rings (SSSR count). The van der Waals surface area contributed by atoms with Crippen LogP contribution in [0.4, 0.5) is 0 Å². The number of nitrogens with one attached hydrogen (secondary N) is 1. The fourth-order valence-corrected chi connectivity index (χ4v) is 4.85. The molecule has 0 radical (unpaired) electrons. The molecule has 0 aliphatic carbocycles. The van der Waals surface area contributed by atoms with Gasteiger partial charge in [-0.05, 0) is 50.6 Å². The van der Waals surface area contributed by atoms with Crippen LogP contribution in [0.3, 0.4) is 0 Å². The van der Waals surface area contributed by atoms with Crippen molar-refractivity contribution in [1.82, 2.24) is 14.8 Å². The van der Waals surface area contributed by atoms with Gasteiger partial charge in [0.1, 0.15) is 22.6 Å². The third-order valence-electron chi connectivity index (χ3n) is 5.52. The van der Waals surface area contributed by atoms with E-state index in [9.17, 15) is 14.1 Å². The summed E-state index contributed by atoms with van der Waals surface area (Å²) in [7, 11) is -3.21. The van der Waals surface area contributed by atoms with Crippen LogP contribution in [0, 0.1) is 18.6 Å². The molecular weight excluding hydrogens is 492 g/mol. The van der Waals surface area contributed by atoms with Gasteiger partial charge in [0.2, 0.25) is 0 Å². The number of aromatic nitrogens is 3. The van der Waals surface area contributed by atoms with Gasteiger partial charge in [0.25, 0.3) is 0 Å². The molecule has 2 atom stereocenters. The molecule has 0 amide bonds. The van der Waals surface area contributed by atoms with E-state index in [1.54, 1.807) is 37.0 Å². The second-order valence-corrected chi connectivity index (χ2v) is 10.8. The molecule has 35 heavy (non-hydrogen) atoms. The van der Waals surface area contributed by atoms with Gasteiger partial charge < -0.3 is 14.3 Å². The van der Waals surface area contributed by atoms with Gasteiger partial charge in [-0.1, -0.05) is 11.6 Å². The molecule has 0 fully saturated rings. The molecule has 3 aromatic heterocycles. The lowest BCUT2D eigenvalue weighted by Gasteiger charge is -2.19. The Bertz CT molecular complexity index is 1590. The van der Waals surface area contributed by atoms with E-state index < -0.39 is 15.8 Å². The number of fused-ring (bicyclic) bond motifs is 1. The van der Waals surface area contributed by atoms with Crippen molar-refractivity contribution in [2.75, 3.05) is 12.9 Å². The zero-order valence-corrected chi connectivity index (χ0v) is 21.2. The highest BCUT2D eigenvalue weighted by Gasteiger charge is 2.23. The van der Waals surface area contributed by atoms with E-state index in [0.717, 1.165) is 5.56 Å². The molecule has 0 saturated carbocycles. The van der Waals surface area contributed by atoms with Gasteiger partial charge in [-0.3, -0.25) is 9.48 Å². The molecular formula is C24H25ClN4O5S. The molecule has 9 nitrogen and oxygen atoms in total. The Morgan fingerprint density at radius 2 is 2.06 bits per heavy atom. The van der Waals surface area contributed by atoms with Crippen LogP contribution in [-0.2, 0) is 16.3 Å². The summed E-state index contributed by atoms with van der Waals surface area (Å²) >= 11 is 5.96. The molecule has 1 unspecified atom stereocenters. The lowest BCUT2D eigenvalue weighted by molar-refractivity contribution is 0.219. The predicted octanol–water partition coefficient (Wildman–Crippen LogP) is 4.49. The number of aliphatic hydroxyl groups excluding tert-OH is 1. The van der Waals surface area contributed by atoms with Crippen LogP contribution in [-0.4, -0.2) is 36.9 Å². The van der Waals surface area contributed by atoms with Crippen molar-refractivity contribution in [3.63, 3.8) is 0 Å². The Kier molecular flexibility index (Phi) is 6.72. The second kappa shape index (κ2) is 9.44. The zero-order valence-electron chi connectivity index (χ0n) is 19.7. The first-order valence-electron chi connectivity index (χ1n) is 10.8. The van der Waals surface area contributed by atoms with Crippen molar-refractivity contribution in [1.29, 1.82) is 4.78 Å². The molecule has 0 spiro atoms. The lowest BCUT2D eigenvalue weighted by Crippen LogP contribution is -2.12. The molecule has 0 aliphatic rings. The topological polar surface area (TPSA) is 131 Å². The number of hydrogen-bond acceptors (Lipinski definition) is 8. The third kappa shape index (κ3) is 4.95. The van der Waals surface area contributed by atoms with Crippen molar-refractivity contribution >= 4 is 32.3 Å². The number of pyridine rings is 1. The van der Waals surface area contributed by atoms with Crippen molar-refractivity contribution in [2.45, 2.75) is 38.4 Å². The number of hydrogen-bond donors (Lipinski definition) is 2. The minimum Gasteiger partial charge on any atom is -0.483 e. The molecule has 1 aromatic carbocycles.